The molecule has 0 fully saturated rings. The summed E-state index contributed by atoms with van der Waals surface area (Å²) in [6, 6.07) is 0. The number of aromatic nitrogens is 3. The molecule has 0 unspecified atom stereocenters. The highest BCUT2D eigenvalue weighted by Gasteiger charge is 2.11. The van der Waals surface area contributed by atoms with Gasteiger partial charge in [0.25, 0.3) is 0 Å². The molecule has 2 rings (SSSR count). The topological polar surface area (TPSA) is 114 Å². The molecule has 112 valence electrons. The number of thiazole rings is 1. The molecule has 0 radical (unpaired) electrons. The Hall–Kier alpha value is -2.07. The number of hydrogen-bond acceptors (Lipinski definition) is 8. The number of thiol groups is 1. The van der Waals surface area contributed by atoms with E-state index in [0.29, 0.717) is 5.13 Å². The Bertz CT molecular complexity index is 716. The molecular weight excluding hydrogens is 314 g/mol. The van der Waals surface area contributed by atoms with Gasteiger partial charge in [-0.25, -0.2) is 23.4 Å². The first kappa shape index (κ1) is 15.3. The first-order valence-electron chi connectivity index (χ1n) is 5.89. The van der Waals surface area contributed by atoms with Gasteiger partial charge in [0.15, 0.2) is 15.8 Å². The number of rotatable bonds is 5. The zero-order valence-electron chi connectivity index (χ0n) is 11.3. The predicted molar refractivity (Wildman–Crippen MR) is 81.0 cm³/mol. The van der Waals surface area contributed by atoms with Crippen LogP contribution in [0.25, 0.3) is 10.4 Å². The Morgan fingerprint density at radius 2 is 2.00 bits per heavy atom. The lowest BCUT2D eigenvalue weighted by molar-refractivity contribution is -0.114. The monoisotopic (exact) mass is 327 g/mol. The molecule has 2 heterocycles. The van der Waals surface area contributed by atoms with Crippen LogP contribution in [0.3, 0.4) is 0 Å². The van der Waals surface area contributed by atoms with Crippen molar-refractivity contribution >= 4 is 39.0 Å². The molecule has 0 bridgehead atoms. The van der Waals surface area contributed by atoms with E-state index in [4.69, 9.17) is 0 Å². The van der Waals surface area contributed by atoms with Gasteiger partial charge >= 0.3 is 0 Å². The highest BCUT2D eigenvalue weighted by atomic mass is 32.2. The molecule has 2 aromatic heterocycles. The molecule has 0 aliphatic heterocycles. The Morgan fingerprint density at radius 1 is 1.33 bits per heavy atom. The van der Waals surface area contributed by atoms with Gasteiger partial charge in [-0.15, -0.1) is 0 Å². The molecular formula is C11H13N5O3S2. The number of aryl methyl sites for hydroxylation is 1. The molecule has 1 amide bonds. The fraction of sp³-hybridized carbons (Fsp3) is 0.273. The van der Waals surface area contributed by atoms with Crippen molar-refractivity contribution in [3.8, 4) is 10.4 Å². The summed E-state index contributed by atoms with van der Waals surface area (Å²) in [5.41, 5.74) is 1.51. The lowest BCUT2D eigenvalue weighted by Crippen LogP contribution is -2.05. The predicted octanol–water partition coefficient (Wildman–Crippen LogP) is 0.848. The van der Waals surface area contributed by atoms with E-state index in [2.05, 4.69) is 25.6 Å². The third-order valence-corrected chi connectivity index (χ3v) is 3.90. The van der Waals surface area contributed by atoms with Crippen LogP contribution in [-0.4, -0.2) is 35.2 Å². The maximum atomic E-state index is 11.0. The summed E-state index contributed by atoms with van der Waals surface area (Å²) in [5, 5.41) is 5.72. The Kier molecular flexibility index (Phi) is 4.81. The van der Waals surface area contributed by atoms with Gasteiger partial charge in [-0.1, -0.05) is 11.3 Å². The summed E-state index contributed by atoms with van der Waals surface area (Å²) >= 11 is 1.32. The van der Waals surface area contributed by atoms with Gasteiger partial charge in [0, 0.05) is 24.9 Å². The van der Waals surface area contributed by atoms with Crippen LogP contribution in [0.15, 0.2) is 12.4 Å². The van der Waals surface area contributed by atoms with Crippen LogP contribution in [-0.2, 0) is 15.5 Å². The molecule has 2 aromatic rings. The van der Waals surface area contributed by atoms with Crippen molar-refractivity contribution in [1.29, 1.82) is 0 Å². The lowest BCUT2D eigenvalue weighted by atomic mass is 10.2. The van der Waals surface area contributed by atoms with Crippen molar-refractivity contribution in [1.82, 2.24) is 15.0 Å². The quantitative estimate of drug-likeness (QED) is 0.697. The molecule has 0 atom stereocenters. The maximum absolute atomic E-state index is 11.0. The summed E-state index contributed by atoms with van der Waals surface area (Å²) in [7, 11) is -2.53. The maximum Gasteiger partial charge on any atom is 0.223 e. The molecule has 0 spiro atoms. The van der Waals surface area contributed by atoms with Crippen molar-refractivity contribution < 1.29 is 13.2 Å². The van der Waals surface area contributed by atoms with E-state index in [1.54, 1.807) is 12.4 Å². The average molecular weight is 327 g/mol. The minimum atomic E-state index is -2.53. The number of carbonyl (C=O) groups excluding carboxylic acids is 1. The second-order valence-corrected chi connectivity index (χ2v) is 6.06. The molecule has 0 aliphatic rings. The standard InChI is InChI=1S/C11H13N5O3S2/c1-6-9(20-11(15-6)16-7(2)17)8-3-12-10(13-4-8)14-5-21(18)19/h3-4,21H,5H2,1-2H3,(H,12,13,14)(H,15,16,17). The molecule has 2 N–H and O–H groups in total. The Morgan fingerprint density at radius 3 is 2.57 bits per heavy atom. The normalized spacial score (nSPS) is 10.6. The largest absolute Gasteiger partial charge is 0.340 e. The number of carbonyl (C=O) groups is 1. The van der Waals surface area contributed by atoms with Gasteiger partial charge in [0.05, 0.1) is 10.6 Å². The summed E-state index contributed by atoms with van der Waals surface area (Å²) < 4.78 is 20.9. The van der Waals surface area contributed by atoms with E-state index >= 15 is 0 Å². The van der Waals surface area contributed by atoms with Gasteiger partial charge < -0.3 is 10.6 Å². The van der Waals surface area contributed by atoms with Crippen LogP contribution in [0.4, 0.5) is 11.1 Å². The molecule has 0 saturated heterocycles. The third kappa shape index (κ3) is 4.20. The van der Waals surface area contributed by atoms with Crippen molar-refractivity contribution in [2.45, 2.75) is 13.8 Å². The third-order valence-electron chi connectivity index (χ3n) is 2.36. The summed E-state index contributed by atoms with van der Waals surface area (Å²) in [6.45, 7) is 3.24. The molecule has 8 nitrogen and oxygen atoms in total. The highest BCUT2D eigenvalue weighted by molar-refractivity contribution is 7.72. The smallest absolute Gasteiger partial charge is 0.223 e. The number of hydrogen-bond donors (Lipinski definition) is 3. The van der Waals surface area contributed by atoms with E-state index in [-0.39, 0.29) is 17.7 Å². The molecule has 0 saturated carbocycles. The number of nitrogens with zero attached hydrogens (tertiary/aromatic N) is 3. The van der Waals surface area contributed by atoms with Crippen LogP contribution in [0, 0.1) is 6.92 Å². The highest BCUT2D eigenvalue weighted by Crippen LogP contribution is 2.32. The van der Waals surface area contributed by atoms with E-state index < -0.39 is 10.7 Å². The van der Waals surface area contributed by atoms with Gasteiger partial charge in [0.1, 0.15) is 5.88 Å². The number of anilines is 2. The van der Waals surface area contributed by atoms with Crippen molar-refractivity contribution in [2.75, 3.05) is 16.5 Å². The molecule has 21 heavy (non-hydrogen) atoms. The minimum absolute atomic E-state index is 0.183. The van der Waals surface area contributed by atoms with Crippen molar-refractivity contribution in [3.05, 3.63) is 18.1 Å². The summed E-state index contributed by atoms with van der Waals surface area (Å²) in [6.07, 6.45) is 3.15. The van der Waals surface area contributed by atoms with Gasteiger partial charge in [-0.2, -0.15) is 0 Å². The molecule has 10 heteroatoms. The minimum Gasteiger partial charge on any atom is -0.340 e. The van der Waals surface area contributed by atoms with E-state index in [0.717, 1.165) is 16.1 Å². The van der Waals surface area contributed by atoms with Crippen LogP contribution in [0.5, 0.6) is 0 Å². The van der Waals surface area contributed by atoms with Crippen LogP contribution in [0.1, 0.15) is 12.6 Å². The van der Waals surface area contributed by atoms with E-state index in [1.807, 2.05) is 6.92 Å². The van der Waals surface area contributed by atoms with Crippen LogP contribution >= 0.6 is 11.3 Å². The molecule has 0 aliphatic carbocycles. The second kappa shape index (κ2) is 6.59. The summed E-state index contributed by atoms with van der Waals surface area (Å²) in [4.78, 5) is 24.2. The van der Waals surface area contributed by atoms with Crippen LogP contribution < -0.4 is 10.6 Å². The summed E-state index contributed by atoms with van der Waals surface area (Å²) in [5.74, 6) is -0.152. The SMILES string of the molecule is CC(=O)Nc1nc(C)c(-c2cnc(NC[SH](=O)=O)nc2)s1. The zero-order valence-corrected chi connectivity index (χ0v) is 13.0. The van der Waals surface area contributed by atoms with Crippen molar-refractivity contribution in [2.24, 2.45) is 0 Å². The first-order chi connectivity index (χ1) is 9.95. The van der Waals surface area contributed by atoms with Gasteiger partial charge in [0.2, 0.25) is 11.9 Å². The van der Waals surface area contributed by atoms with E-state index in [1.165, 1.54) is 18.3 Å². The molecule has 0 aromatic carbocycles. The fourth-order valence-electron chi connectivity index (χ4n) is 1.54. The Labute approximate surface area is 126 Å². The second-order valence-electron chi connectivity index (χ2n) is 4.08. The van der Waals surface area contributed by atoms with Crippen LogP contribution in [0.2, 0.25) is 0 Å². The number of nitrogens with one attached hydrogen (secondary N) is 2. The first-order valence-corrected chi connectivity index (χ1v) is 8.06. The number of amides is 1. The van der Waals surface area contributed by atoms with Gasteiger partial charge in [-0.3, -0.25) is 4.79 Å². The zero-order chi connectivity index (χ0) is 15.4. The lowest BCUT2D eigenvalue weighted by Gasteiger charge is -2.01. The van der Waals surface area contributed by atoms with Crippen molar-refractivity contribution in [3.63, 3.8) is 0 Å². The van der Waals surface area contributed by atoms with Gasteiger partial charge in [-0.05, 0) is 6.92 Å². The van der Waals surface area contributed by atoms with E-state index in [9.17, 15) is 13.2 Å². The fourth-order valence-corrected chi connectivity index (χ4v) is 2.80. The average Bonchev–Trinajstić information content (AvgIpc) is 2.77. The Balaban J connectivity index is 2.18.